The highest BCUT2D eigenvalue weighted by Gasteiger charge is 2.13. The van der Waals surface area contributed by atoms with E-state index >= 15 is 0 Å². The topological polar surface area (TPSA) is 26.3 Å². The average molecular weight is 287 g/mol. The van der Waals surface area contributed by atoms with Crippen LogP contribution in [-0.2, 0) is 12.8 Å². The van der Waals surface area contributed by atoms with Crippen molar-refractivity contribution in [2.75, 3.05) is 6.61 Å². The molecule has 2 aromatic rings. The van der Waals surface area contributed by atoms with Gasteiger partial charge in [-0.05, 0) is 35.7 Å². The van der Waals surface area contributed by atoms with Crippen LogP contribution in [0.15, 0.2) is 42.5 Å². The monoisotopic (exact) mass is 286 g/mol. The van der Waals surface area contributed by atoms with E-state index in [2.05, 4.69) is 6.07 Å². The molecule has 2 nitrogen and oxygen atoms in total. The van der Waals surface area contributed by atoms with Crippen LogP contribution in [0.25, 0.3) is 0 Å². The fourth-order valence-corrected chi connectivity index (χ4v) is 2.72. The Balaban J connectivity index is 1.68. The van der Waals surface area contributed by atoms with Crippen molar-refractivity contribution >= 4 is 17.4 Å². The van der Waals surface area contributed by atoms with Gasteiger partial charge in [0.25, 0.3) is 0 Å². The van der Waals surface area contributed by atoms with Crippen molar-refractivity contribution < 1.29 is 9.53 Å². The fraction of sp³-hybridized carbons (Fsp3) is 0.235. The summed E-state index contributed by atoms with van der Waals surface area (Å²) in [6.45, 7) is 0.761. The van der Waals surface area contributed by atoms with Crippen molar-refractivity contribution in [3.8, 4) is 5.75 Å². The van der Waals surface area contributed by atoms with Crippen molar-refractivity contribution in [2.45, 2.75) is 19.3 Å². The van der Waals surface area contributed by atoms with Crippen LogP contribution in [0, 0.1) is 0 Å². The molecular formula is C17H15ClO2. The van der Waals surface area contributed by atoms with Crippen molar-refractivity contribution in [3.05, 3.63) is 64.2 Å². The average Bonchev–Trinajstić information content (AvgIpc) is 2.92. The zero-order valence-corrected chi connectivity index (χ0v) is 11.8. The van der Waals surface area contributed by atoms with E-state index in [0.717, 1.165) is 25.2 Å². The van der Waals surface area contributed by atoms with Crippen LogP contribution in [0.5, 0.6) is 5.75 Å². The molecule has 1 aliphatic heterocycles. The molecule has 0 bridgehead atoms. The summed E-state index contributed by atoms with van der Waals surface area (Å²) in [6.07, 6.45) is 2.17. The molecule has 3 heteroatoms. The Morgan fingerprint density at radius 1 is 1.20 bits per heavy atom. The van der Waals surface area contributed by atoms with Gasteiger partial charge in [-0.15, -0.1) is 0 Å². The van der Waals surface area contributed by atoms with Gasteiger partial charge in [0.1, 0.15) is 5.75 Å². The van der Waals surface area contributed by atoms with Gasteiger partial charge in [-0.3, -0.25) is 4.79 Å². The number of ketones is 1. The maximum absolute atomic E-state index is 12.2. The van der Waals surface area contributed by atoms with E-state index < -0.39 is 0 Å². The number of fused-ring (bicyclic) bond motifs is 1. The molecule has 1 heterocycles. The molecule has 1 aliphatic rings. The molecule has 20 heavy (non-hydrogen) atoms. The molecule has 0 amide bonds. The van der Waals surface area contributed by atoms with Gasteiger partial charge < -0.3 is 4.74 Å². The Kier molecular flexibility index (Phi) is 3.75. The molecule has 0 N–H and O–H groups in total. The second-order valence-electron chi connectivity index (χ2n) is 4.94. The number of rotatable bonds is 4. The van der Waals surface area contributed by atoms with E-state index in [4.69, 9.17) is 16.3 Å². The van der Waals surface area contributed by atoms with Crippen molar-refractivity contribution in [1.29, 1.82) is 0 Å². The Hall–Kier alpha value is -1.80. The number of Topliss-reactive ketones (excluding diaryl/α,β-unsaturated/α-hetero) is 1. The third-order valence-corrected chi connectivity index (χ3v) is 3.90. The molecule has 0 atom stereocenters. The molecule has 0 fully saturated rings. The first-order valence-electron chi connectivity index (χ1n) is 6.76. The maximum Gasteiger partial charge on any atom is 0.164 e. The molecule has 0 saturated heterocycles. The van der Waals surface area contributed by atoms with Crippen LogP contribution >= 0.6 is 11.6 Å². The number of halogens is 1. The van der Waals surface area contributed by atoms with Gasteiger partial charge in [0.15, 0.2) is 5.78 Å². The van der Waals surface area contributed by atoms with E-state index in [-0.39, 0.29) is 5.78 Å². The zero-order chi connectivity index (χ0) is 13.9. The molecule has 0 aromatic heterocycles. The zero-order valence-electron chi connectivity index (χ0n) is 11.1. The highest BCUT2D eigenvalue weighted by molar-refractivity contribution is 6.33. The first kappa shape index (κ1) is 13.2. The van der Waals surface area contributed by atoms with E-state index in [1.54, 1.807) is 12.1 Å². The Bertz CT molecular complexity index is 649. The molecule has 0 unspecified atom stereocenters. The van der Waals surface area contributed by atoms with Crippen LogP contribution in [-0.4, -0.2) is 12.4 Å². The number of hydrogen-bond donors (Lipinski definition) is 0. The predicted octanol–water partition coefficient (Wildman–Crippen LogP) is 4.09. The number of benzene rings is 2. The highest BCUT2D eigenvalue weighted by Crippen LogP contribution is 2.26. The van der Waals surface area contributed by atoms with Crippen LogP contribution in [0.4, 0.5) is 0 Å². The summed E-state index contributed by atoms with van der Waals surface area (Å²) in [5, 5.41) is 0.528. The number of ether oxygens (including phenoxy) is 1. The summed E-state index contributed by atoms with van der Waals surface area (Å²) >= 11 is 6.04. The lowest BCUT2D eigenvalue weighted by Crippen LogP contribution is -2.02. The maximum atomic E-state index is 12.2. The quantitative estimate of drug-likeness (QED) is 0.791. The molecule has 0 spiro atoms. The summed E-state index contributed by atoms with van der Waals surface area (Å²) in [6, 6.07) is 13.4. The van der Waals surface area contributed by atoms with Gasteiger partial charge in [0, 0.05) is 18.4 Å². The van der Waals surface area contributed by atoms with Gasteiger partial charge in [0.05, 0.1) is 11.6 Å². The summed E-state index contributed by atoms with van der Waals surface area (Å²) in [4.78, 5) is 12.2. The summed E-state index contributed by atoms with van der Waals surface area (Å²) in [7, 11) is 0. The second-order valence-corrected chi connectivity index (χ2v) is 5.35. The molecule has 3 rings (SSSR count). The lowest BCUT2D eigenvalue weighted by Gasteiger charge is -2.05. The van der Waals surface area contributed by atoms with E-state index in [1.165, 1.54) is 11.1 Å². The largest absolute Gasteiger partial charge is 0.493 e. The molecule has 0 saturated carbocycles. The Labute approximate surface area is 123 Å². The SMILES string of the molecule is O=C(CCc1ccc2c(c1)CCO2)c1ccccc1Cl. The molecule has 2 aromatic carbocycles. The van der Waals surface area contributed by atoms with Crippen molar-refractivity contribution in [3.63, 3.8) is 0 Å². The minimum absolute atomic E-state index is 0.0901. The Morgan fingerprint density at radius 3 is 2.90 bits per heavy atom. The van der Waals surface area contributed by atoms with Crippen LogP contribution in [0.3, 0.4) is 0 Å². The summed E-state index contributed by atoms with van der Waals surface area (Å²) in [5.74, 6) is 1.07. The summed E-state index contributed by atoms with van der Waals surface area (Å²) in [5.41, 5.74) is 3.03. The number of carbonyl (C=O) groups is 1. The second kappa shape index (κ2) is 5.68. The first-order valence-corrected chi connectivity index (χ1v) is 7.14. The predicted molar refractivity (Wildman–Crippen MR) is 79.7 cm³/mol. The molecular weight excluding hydrogens is 272 g/mol. The van der Waals surface area contributed by atoms with Crippen LogP contribution < -0.4 is 4.74 Å². The fourth-order valence-electron chi connectivity index (χ4n) is 2.48. The van der Waals surface area contributed by atoms with Crippen molar-refractivity contribution in [1.82, 2.24) is 0 Å². The minimum Gasteiger partial charge on any atom is -0.493 e. The smallest absolute Gasteiger partial charge is 0.164 e. The molecule has 0 aliphatic carbocycles. The molecule has 102 valence electrons. The van der Waals surface area contributed by atoms with Crippen LogP contribution in [0.2, 0.25) is 5.02 Å². The van der Waals surface area contributed by atoms with E-state index in [0.29, 0.717) is 17.0 Å². The van der Waals surface area contributed by atoms with Gasteiger partial charge in [-0.25, -0.2) is 0 Å². The third-order valence-electron chi connectivity index (χ3n) is 3.57. The number of carbonyl (C=O) groups excluding carboxylic acids is 1. The lowest BCUT2D eigenvalue weighted by atomic mass is 10.0. The standard InChI is InChI=1S/C17H15ClO2/c18-15-4-2-1-3-14(15)16(19)7-5-12-6-8-17-13(11-12)9-10-20-17/h1-4,6,8,11H,5,7,9-10H2. The van der Waals surface area contributed by atoms with Crippen molar-refractivity contribution in [2.24, 2.45) is 0 Å². The minimum atomic E-state index is 0.0901. The van der Waals surface area contributed by atoms with E-state index in [1.807, 2.05) is 24.3 Å². The van der Waals surface area contributed by atoms with E-state index in [9.17, 15) is 4.79 Å². The normalized spacial score (nSPS) is 12.8. The van der Waals surface area contributed by atoms with Gasteiger partial charge in [-0.1, -0.05) is 35.9 Å². The number of aryl methyl sites for hydroxylation is 1. The number of hydrogen-bond acceptors (Lipinski definition) is 2. The molecule has 0 radical (unpaired) electrons. The van der Waals surface area contributed by atoms with Gasteiger partial charge in [0.2, 0.25) is 0 Å². The first-order chi connectivity index (χ1) is 9.74. The summed E-state index contributed by atoms with van der Waals surface area (Å²) < 4.78 is 5.48. The third kappa shape index (κ3) is 2.70. The van der Waals surface area contributed by atoms with Gasteiger partial charge >= 0.3 is 0 Å². The highest BCUT2D eigenvalue weighted by atomic mass is 35.5. The van der Waals surface area contributed by atoms with Gasteiger partial charge in [-0.2, -0.15) is 0 Å². The van der Waals surface area contributed by atoms with Crippen LogP contribution in [0.1, 0.15) is 27.9 Å². The Morgan fingerprint density at radius 2 is 2.05 bits per heavy atom. The lowest BCUT2D eigenvalue weighted by molar-refractivity contribution is 0.0983.